The van der Waals surface area contributed by atoms with E-state index in [0.29, 0.717) is 38.0 Å². The van der Waals surface area contributed by atoms with E-state index in [4.69, 9.17) is 42.6 Å². The van der Waals surface area contributed by atoms with Crippen molar-refractivity contribution in [1.82, 2.24) is 30.0 Å². The van der Waals surface area contributed by atoms with Gasteiger partial charge in [-0.1, -0.05) is 83.0 Å². The maximum absolute atomic E-state index is 12.5. The van der Waals surface area contributed by atoms with Gasteiger partial charge >= 0.3 is 12.2 Å². The molecule has 1 N–H and O–H groups in total. The fourth-order valence-corrected chi connectivity index (χ4v) is 10.5. The van der Waals surface area contributed by atoms with Crippen LogP contribution in [0.15, 0.2) is 73.1 Å². The van der Waals surface area contributed by atoms with E-state index in [0.717, 1.165) is 86.9 Å². The average molecular weight is 1020 g/mol. The molecule has 2 aromatic carbocycles. The number of aromatic nitrogens is 2. The van der Waals surface area contributed by atoms with Crippen LogP contribution in [0.2, 0.25) is 10.0 Å². The van der Waals surface area contributed by atoms with Gasteiger partial charge < -0.3 is 29.5 Å². The van der Waals surface area contributed by atoms with Crippen LogP contribution in [0.1, 0.15) is 131 Å². The predicted octanol–water partition coefficient (Wildman–Crippen LogP) is 12.9. The summed E-state index contributed by atoms with van der Waals surface area (Å²) in [5.74, 6) is 1.13. The Morgan fingerprint density at radius 1 is 0.657 bits per heavy atom. The Balaban J connectivity index is 0.000000190. The van der Waals surface area contributed by atoms with Crippen molar-refractivity contribution < 1.29 is 19.1 Å². The standard InChI is InChI=1S/C24H26BrClN2O2.C24H27ClN2O2.C5H12N2.CH4/c1-24(2,3)30-23(29)28-11-8-15(9-12-28)21-18-7-6-17(26)13-16(18)14-20(25)19-5-4-10-27-22(19)21;1-24(2,3)29-23(28)27-13-10-16(11-14-27)21-20-9-8-19(25)15-18(20)7-6-17-5-4-12-26-22(17)21;1-7-4-2-6-3-5-7;/h4-7,10,13-15,21H,8-9,11-12H2,1-3H3;4-9,12,15-16,21H,10-11,13-14H2,1-3H3;6H,2-5H2,1H3;1H4. The van der Waals surface area contributed by atoms with E-state index in [9.17, 15) is 9.59 Å². The third-order valence-corrected chi connectivity index (χ3v) is 13.8. The number of nitrogens with one attached hydrogen (secondary N) is 1. The van der Waals surface area contributed by atoms with Crippen molar-refractivity contribution in [3.63, 3.8) is 0 Å². The predicted molar refractivity (Wildman–Crippen MR) is 279 cm³/mol. The molecule has 10 nitrogen and oxygen atoms in total. The van der Waals surface area contributed by atoms with E-state index in [1.165, 1.54) is 24.2 Å². The molecule has 0 saturated carbocycles. The average Bonchev–Trinajstić information content (AvgIpc) is 3.51. The highest BCUT2D eigenvalue weighted by molar-refractivity contribution is 9.15. The number of hydrogen-bond donors (Lipinski definition) is 1. The molecule has 2 aromatic heterocycles. The summed E-state index contributed by atoms with van der Waals surface area (Å²) < 4.78 is 12.1. The first-order valence-corrected chi connectivity index (χ1v) is 24.9. The number of hydrogen-bond acceptors (Lipinski definition) is 8. The molecule has 4 aromatic rings. The number of likely N-dealkylation sites (N-methyl/N-ethyl adjacent to an activating group) is 1. The molecule has 2 unspecified atom stereocenters. The summed E-state index contributed by atoms with van der Waals surface area (Å²) in [6.45, 7) is 18.9. The number of rotatable bonds is 2. The number of likely N-dealkylation sites (tertiary alicyclic amines) is 2. The fourth-order valence-electron chi connectivity index (χ4n) is 9.53. The number of nitrogens with zero attached hydrogens (tertiary/aromatic N) is 5. The molecule has 3 aliphatic heterocycles. The highest BCUT2D eigenvalue weighted by Gasteiger charge is 2.37. The van der Waals surface area contributed by atoms with Gasteiger partial charge in [0.2, 0.25) is 0 Å². The number of carbonyl (C=O) groups is 2. The third-order valence-electron chi connectivity index (χ3n) is 12.7. The van der Waals surface area contributed by atoms with Gasteiger partial charge in [-0.2, -0.15) is 0 Å². The van der Waals surface area contributed by atoms with Crippen molar-refractivity contribution in [1.29, 1.82) is 0 Å². The zero-order chi connectivity index (χ0) is 47.2. The molecule has 13 heteroatoms. The number of carbonyl (C=O) groups excluding carboxylic acids is 2. The van der Waals surface area contributed by atoms with Crippen molar-refractivity contribution in [2.24, 2.45) is 11.8 Å². The SMILES string of the molecule is C.CC(C)(C)OC(=O)N1CCC(C2c3ccc(Cl)cc3C=C(Br)c3cccnc32)CC1.CC(C)(C)OC(=O)N1CCC(C2c3ccc(Cl)cc3C=Cc3cccnc32)CC1.CN1CCNCC1. The summed E-state index contributed by atoms with van der Waals surface area (Å²) >= 11 is 16.3. The second-order valence-electron chi connectivity index (χ2n) is 19.9. The molecule has 2 atom stereocenters. The summed E-state index contributed by atoms with van der Waals surface area (Å²) in [7, 11) is 2.15. The van der Waals surface area contributed by atoms with Crippen LogP contribution in [-0.4, -0.2) is 107 Å². The van der Waals surface area contributed by atoms with E-state index in [1.807, 2.05) is 100 Å². The summed E-state index contributed by atoms with van der Waals surface area (Å²) in [5, 5.41) is 4.74. The number of halogens is 3. The Morgan fingerprint density at radius 3 is 1.63 bits per heavy atom. The highest BCUT2D eigenvalue weighted by Crippen LogP contribution is 2.46. The summed E-state index contributed by atoms with van der Waals surface area (Å²) in [6.07, 6.45) is 13.3. The van der Waals surface area contributed by atoms with Crippen molar-refractivity contribution in [3.05, 3.63) is 128 Å². The molecule has 67 heavy (non-hydrogen) atoms. The van der Waals surface area contributed by atoms with Crippen LogP contribution in [0.5, 0.6) is 0 Å². The van der Waals surface area contributed by atoms with Gasteiger partial charge in [0.25, 0.3) is 0 Å². The van der Waals surface area contributed by atoms with Gasteiger partial charge in [-0.25, -0.2) is 9.59 Å². The monoisotopic (exact) mass is 1010 g/mol. The van der Waals surface area contributed by atoms with E-state index < -0.39 is 11.2 Å². The molecule has 2 amide bonds. The van der Waals surface area contributed by atoms with Gasteiger partial charge in [0.1, 0.15) is 11.2 Å². The van der Waals surface area contributed by atoms with Crippen LogP contribution in [0.25, 0.3) is 22.7 Å². The molecule has 5 heterocycles. The number of fused-ring (bicyclic) bond motifs is 4. The largest absolute Gasteiger partial charge is 0.444 e. The first-order chi connectivity index (χ1) is 31.4. The Hall–Kier alpha value is -4.26. The molecular formula is C54H69BrCl2N6O4. The van der Waals surface area contributed by atoms with E-state index in [2.05, 4.69) is 75.7 Å². The van der Waals surface area contributed by atoms with Crippen LogP contribution in [0.3, 0.4) is 0 Å². The Morgan fingerprint density at radius 2 is 1.12 bits per heavy atom. The number of benzene rings is 2. The lowest BCUT2D eigenvalue weighted by Gasteiger charge is -2.37. The van der Waals surface area contributed by atoms with Crippen molar-refractivity contribution in [2.75, 3.05) is 59.4 Å². The number of pyridine rings is 2. The Bertz CT molecular complexity index is 2390. The normalized spacial score (nSPS) is 19.7. The second kappa shape index (κ2) is 22.9. The fraction of sp³-hybridized carbons (Fsp3) is 0.481. The molecule has 0 bridgehead atoms. The summed E-state index contributed by atoms with van der Waals surface area (Å²) in [6, 6.07) is 20.4. The van der Waals surface area contributed by atoms with Crippen molar-refractivity contribution in [3.8, 4) is 0 Å². The Kier molecular flexibility index (Phi) is 17.8. The van der Waals surface area contributed by atoms with Gasteiger partial charge in [-0.05, 0) is 156 Å². The number of piperidine rings is 2. The third kappa shape index (κ3) is 13.7. The van der Waals surface area contributed by atoms with Crippen molar-refractivity contribution >= 4 is 74.0 Å². The maximum Gasteiger partial charge on any atom is 0.410 e. The van der Waals surface area contributed by atoms with Gasteiger partial charge in [0, 0.05) is 96.7 Å². The Labute approximate surface area is 417 Å². The van der Waals surface area contributed by atoms with Gasteiger partial charge in [0.05, 0.1) is 11.4 Å². The molecule has 0 radical (unpaired) electrons. The first kappa shape index (κ1) is 52.1. The van der Waals surface area contributed by atoms with Crippen LogP contribution < -0.4 is 5.32 Å². The first-order valence-electron chi connectivity index (χ1n) is 23.3. The topological polar surface area (TPSA) is 100 Å². The second-order valence-corrected chi connectivity index (χ2v) is 21.6. The lowest BCUT2D eigenvalue weighted by molar-refractivity contribution is 0.0167. The molecule has 360 valence electrons. The quantitative estimate of drug-likeness (QED) is 0.212. The smallest absolute Gasteiger partial charge is 0.410 e. The lowest BCUT2D eigenvalue weighted by Crippen LogP contribution is -2.42. The minimum atomic E-state index is -0.478. The van der Waals surface area contributed by atoms with Crippen LogP contribution in [0, 0.1) is 11.8 Å². The van der Waals surface area contributed by atoms with E-state index in [1.54, 1.807) is 0 Å². The minimum absolute atomic E-state index is 0. The number of ether oxygens (including phenoxy) is 2. The van der Waals surface area contributed by atoms with Gasteiger partial charge in [-0.3, -0.25) is 9.97 Å². The van der Waals surface area contributed by atoms with Gasteiger partial charge in [-0.15, -0.1) is 0 Å². The van der Waals surface area contributed by atoms with Gasteiger partial charge in [0.15, 0.2) is 0 Å². The van der Waals surface area contributed by atoms with Crippen molar-refractivity contribution in [2.45, 2.75) is 97.7 Å². The minimum Gasteiger partial charge on any atom is -0.444 e. The molecule has 9 rings (SSSR count). The van der Waals surface area contributed by atoms with Crippen LogP contribution >= 0.6 is 39.1 Å². The maximum atomic E-state index is 12.5. The summed E-state index contributed by atoms with van der Waals surface area (Å²) in [4.78, 5) is 40.5. The highest BCUT2D eigenvalue weighted by atomic mass is 79.9. The summed E-state index contributed by atoms with van der Waals surface area (Å²) in [5.41, 5.74) is 8.28. The van der Waals surface area contributed by atoms with Crippen LogP contribution in [-0.2, 0) is 9.47 Å². The molecule has 3 fully saturated rings. The molecular weight excluding hydrogens is 947 g/mol. The zero-order valence-electron chi connectivity index (χ0n) is 39.5. The van der Waals surface area contributed by atoms with E-state index in [-0.39, 0.29) is 31.4 Å². The number of amides is 2. The molecule has 3 saturated heterocycles. The van der Waals surface area contributed by atoms with Crippen LogP contribution in [0.4, 0.5) is 9.59 Å². The lowest BCUT2D eigenvalue weighted by atomic mass is 9.76. The zero-order valence-corrected chi connectivity index (χ0v) is 42.6. The molecule has 0 spiro atoms. The van der Waals surface area contributed by atoms with E-state index >= 15 is 0 Å². The molecule has 5 aliphatic rings. The number of piperazine rings is 1. The molecule has 2 aliphatic carbocycles.